The first-order valence-corrected chi connectivity index (χ1v) is 12.2. The van der Waals surface area contributed by atoms with Crippen LogP contribution < -0.4 is 10.0 Å². The zero-order valence-corrected chi connectivity index (χ0v) is 20.0. The van der Waals surface area contributed by atoms with Crippen molar-refractivity contribution in [3.05, 3.63) is 100 Å². The smallest absolute Gasteiger partial charge is 0.241 e. The van der Waals surface area contributed by atoms with Gasteiger partial charge in [-0.05, 0) is 86.2 Å². The summed E-state index contributed by atoms with van der Waals surface area (Å²) < 4.78 is 41.6. The van der Waals surface area contributed by atoms with Crippen molar-refractivity contribution in [3.8, 4) is 0 Å². The summed E-state index contributed by atoms with van der Waals surface area (Å²) in [5.41, 5.74) is 5.14. The van der Waals surface area contributed by atoms with Gasteiger partial charge in [0.25, 0.3) is 0 Å². The number of rotatable bonds is 8. The number of sulfonamides is 1. The fourth-order valence-electron chi connectivity index (χ4n) is 3.75. The molecule has 7 heteroatoms. The molecule has 0 saturated carbocycles. The number of benzene rings is 3. The van der Waals surface area contributed by atoms with Crippen LogP contribution in [0.15, 0.2) is 71.6 Å². The Kier molecular flexibility index (Phi) is 7.66. The summed E-state index contributed by atoms with van der Waals surface area (Å²) >= 11 is 0. The molecule has 2 N–H and O–H groups in total. The first-order chi connectivity index (χ1) is 15.6. The molecule has 174 valence electrons. The van der Waals surface area contributed by atoms with Crippen LogP contribution in [0.2, 0.25) is 0 Å². The van der Waals surface area contributed by atoms with Gasteiger partial charge in [0.2, 0.25) is 15.9 Å². The lowest BCUT2D eigenvalue weighted by Crippen LogP contribution is -2.48. The third-order valence-electron chi connectivity index (χ3n) is 5.73. The number of nitrogens with one attached hydrogen (secondary N) is 2. The molecular weight excluding hydrogens is 439 g/mol. The van der Waals surface area contributed by atoms with E-state index >= 15 is 0 Å². The van der Waals surface area contributed by atoms with Gasteiger partial charge in [-0.1, -0.05) is 42.5 Å². The Morgan fingerprint density at radius 1 is 0.909 bits per heavy atom. The Morgan fingerprint density at radius 3 is 2.15 bits per heavy atom. The third-order valence-corrected chi connectivity index (χ3v) is 7.22. The quantitative estimate of drug-likeness (QED) is 0.511. The summed E-state index contributed by atoms with van der Waals surface area (Å²) in [6.45, 7) is 7.92. The molecule has 0 spiro atoms. The molecule has 0 radical (unpaired) electrons. The van der Waals surface area contributed by atoms with Crippen LogP contribution in [0, 0.1) is 26.6 Å². The highest BCUT2D eigenvalue weighted by Crippen LogP contribution is 2.22. The van der Waals surface area contributed by atoms with Crippen molar-refractivity contribution in [1.29, 1.82) is 0 Å². The van der Waals surface area contributed by atoms with Crippen molar-refractivity contribution in [2.75, 3.05) is 0 Å². The second kappa shape index (κ2) is 10.3. The van der Waals surface area contributed by atoms with Crippen molar-refractivity contribution in [2.45, 2.75) is 51.1 Å². The molecule has 5 nitrogen and oxygen atoms in total. The van der Waals surface area contributed by atoms with Gasteiger partial charge in [-0.2, -0.15) is 4.72 Å². The van der Waals surface area contributed by atoms with Crippen molar-refractivity contribution in [1.82, 2.24) is 10.0 Å². The molecule has 0 saturated heterocycles. The van der Waals surface area contributed by atoms with Crippen LogP contribution >= 0.6 is 0 Å². The molecule has 0 aliphatic carbocycles. The predicted molar refractivity (Wildman–Crippen MR) is 128 cm³/mol. The molecule has 3 rings (SSSR count). The molecule has 0 unspecified atom stereocenters. The molecular formula is C26H29FN2O3S. The van der Waals surface area contributed by atoms with E-state index in [4.69, 9.17) is 0 Å². The Morgan fingerprint density at radius 2 is 1.52 bits per heavy atom. The average Bonchev–Trinajstić information content (AvgIpc) is 2.76. The predicted octanol–water partition coefficient (Wildman–Crippen LogP) is 4.52. The Bertz CT molecular complexity index is 1230. The van der Waals surface area contributed by atoms with Gasteiger partial charge in [-0.3, -0.25) is 4.79 Å². The van der Waals surface area contributed by atoms with Crippen LogP contribution in [0.1, 0.15) is 40.8 Å². The van der Waals surface area contributed by atoms with Gasteiger partial charge >= 0.3 is 0 Å². The Hall–Kier alpha value is -3.03. The van der Waals surface area contributed by atoms with E-state index in [1.54, 1.807) is 0 Å². The number of aryl methyl sites for hydroxylation is 3. The largest absolute Gasteiger partial charge is 0.348 e. The number of halogens is 1. The summed E-state index contributed by atoms with van der Waals surface area (Å²) in [6.07, 6.45) is 0.172. The van der Waals surface area contributed by atoms with Crippen LogP contribution in [-0.2, 0) is 21.2 Å². The summed E-state index contributed by atoms with van der Waals surface area (Å²) in [4.78, 5) is 13.2. The van der Waals surface area contributed by atoms with E-state index in [2.05, 4.69) is 16.1 Å². The monoisotopic (exact) mass is 468 g/mol. The van der Waals surface area contributed by atoms with Crippen LogP contribution in [-0.4, -0.2) is 20.4 Å². The van der Waals surface area contributed by atoms with Gasteiger partial charge in [0.05, 0.1) is 10.9 Å². The molecule has 0 aliphatic rings. The molecule has 3 aromatic rings. The lowest BCUT2D eigenvalue weighted by Gasteiger charge is -2.23. The minimum Gasteiger partial charge on any atom is -0.348 e. The lowest BCUT2D eigenvalue weighted by molar-refractivity contribution is -0.123. The van der Waals surface area contributed by atoms with Crippen LogP contribution in [0.3, 0.4) is 0 Å². The van der Waals surface area contributed by atoms with Crippen molar-refractivity contribution in [3.63, 3.8) is 0 Å². The summed E-state index contributed by atoms with van der Waals surface area (Å²) in [5.74, 6) is -0.972. The van der Waals surface area contributed by atoms with E-state index in [1.807, 2.05) is 64.1 Å². The number of amides is 1. The van der Waals surface area contributed by atoms with Crippen molar-refractivity contribution >= 4 is 15.9 Å². The molecule has 0 fully saturated rings. The van der Waals surface area contributed by atoms with Gasteiger partial charge in [-0.15, -0.1) is 0 Å². The maximum atomic E-state index is 13.3. The molecule has 2 atom stereocenters. The first kappa shape index (κ1) is 24.6. The molecule has 0 bridgehead atoms. The number of carbonyl (C=O) groups is 1. The molecule has 33 heavy (non-hydrogen) atoms. The second-order valence-corrected chi connectivity index (χ2v) is 10.1. The maximum Gasteiger partial charge on any atom is 0.241 e. The first-order valence-electron chi connectivity index (χ1n) is 10.8. The van der Waals surface area contributed by atoms with Gasteiger partial charge in [0.15, 0.2) is 0 Å². The minimum absolute atomic E-state index is 0.104. The Labute approximate surface area is 195 Å². The fourth-order valence-corrected chi connectivity index (χ4v) is 4.94. The number of carbonyl (C=O) groups excluding carboxylic acids is 1. The fraction of sp³-hybridized carbons (Fsp3) is 0.269. The Balaban J connectivity index is 1.86. The lowest BCUT2D eigenvalue weighted by atomic mass is 9.96. The topological polar surface area (TPSA) is 75.3 Å². The van der Waals surface area contributed by atoms with E-state index in [1.165, 1.54) is 17.7 Å². The summed E-state index contributed by atoms with van der Waals surface area (Å²) in [7, 11) is -4.04. The minimum atomic E-state index is -4.04. The third kappa shape index (κ3) is 6.27. The molecule has 0 aromatic heterocycles. The number of hydrogen-bond acceptors (Lipinski definition) is 3. The van der Waals surface area contributed by atoms with Gasteiger partial charge in [0.1, 0.15) is 11.9 Å². The normalized spacial score (nSPS) is 13.4. The summed E-state index contributed by atoms with van der Waals surface area (Å²) in [6, 6.07) is 16.5. The molecule has 0 heterocycles. The van der Waals surface area contributed by atoms with Gasteiger partial charge < -0.3 is 5.32 Å². The van der Waals surface area contributed by atoms with E-state index in [9.17, 15) is 17.6 Å². The zero-order chi connectivity index (χ0) is 24.2. The van der Waals surface area contributed by atoms with Crippen molar-refractivity contribution < 1.29 is 17.6 Å². The van der Waals surface area contributed by atoms with Gasteiger partial charge in [-0.25, -0.2) is 12.8 Å². The highest BCUT2D eigenvalue weighted by molar-refractivity contribution is 7.89. The molecule has 1 amide bonds. The summed E-state index contributed by atoms with van der Waals surface area (Å²) in [5, 5.41) is 2.96. The van der Waals surface area contributed by atoms with Gasteiger partial charge in [0, 0.05) is 0 Å². The molecule has 0 aliphatic heterocycles. The van der Waals surface area contributed by atoms with Crippen LogP contribution in [0.4, 0.5) is 4.39 Å². The van der Waals surface area contributed by atoms with E-state index in [-0.39, 0.29) is 17.4 Å². The number of hydrogen-bond donors (Lipinski definition) is 2. The highest BCUT2D eigenvalue weighted by atomic mass is 32.2. The van der Waals surface area contributed by atoms with Crippen molar-refractivity contribution in [2.24, 2.45) is 0 Å². The van der Waals surface area contributed by atoms with Crippen LogP contribution in [0.25, 0.3) is 0 Å². The second-order valence-electron chi connectivity index (χ2n) is 8.34. The van der Waals surface area contributed by atoms with E-state index in [0.29, 0.717) is 0 Å². The average molecular weight is 469 g/mol. The SMILES string of the molecule is Cc1cc(C)c([C@@H](C)NC(=O)[C@H](Cc2ccccc2)NS(=O)(=O)c2ccc(F)cc2)cc1C. The van der Waals surface area contributed by atoms with Crippen LogP contribution in [0.5, 0.6) is 0 Å². The van der Waals surface area contributed by atoms with E-state index in [0.717, 1.165) is 34.4 Å². The highest BCUT2D eigenvalue weighted by Gasteiger charge is 2.27. The standard InChI is InChI=1S/C26H29FN2O3S/c1-17-14-19(3)24(15-18(17)2)20(4)28-26(30)25(16-21-8-6-5-7-9-21)29-33(31,32)23-12-10-22(27)11-13-23/h5-15,20,25,29H,16H2,1-4H3,(H,28,30)/t20-,25+/m1/s1. The van der Waals surface area contributed by atoms with E-state index < -0.39 is 27.8 Å². The zero-order valence-electron chi connectivity index (χ0n) is 19.2. The molecule has 3 aromatic carbocycles. The maximum absolute atomic E-state index is 13.3.